The molecule has 0 heterocycles. The van der Waals surface area contributed by atoms with Crippen molar-refractivity contribution in [2.24, 2.45) is 0 Å². The van der Waals surface area contributed by atoms with Crippen LogP contribution >= 0.6 is 0 Å². The topological polar surface area (TPSA) is 46.2 Å². The highest BCUT2D eigenvalue weighted by Crippen LogP contribution is 2.05. The van der Waals surface area contributed by atoms with Crippen molar-refractivity contribution in [2.45, 2.75) is 11.8 Å². The minimum atomic E-state index is -1.59. The largest absolute Gasteiger partial charge is 0.274 e. The van der Waals surface area contributed by atoms with E-state index in [9.17, 15) is 13.4 Å². The van der Waals surface area contributed by atoms with Crippen LogP contribution in [0.2, 0.25) is 0 Å². The highest BCUT2D eigenvalue weighted by molar-refractivity contribution is 7.83. The molecule has 1 aromatic rings. The van der Waals surface area contributed by atoms with Crippen molar-refractivity contribution < 1.29 is 13.4 Å². The van der Waals surface area contributed by atoms with Crippen LogP contribution < -0.4 is 4.72 Å². The van der Waals surface area contributed by atoms with Gasteiger partial charge in [-0.05, 0) is 24.3 Å². The van der Waals surface area contributed by atoms with Crippen molar-refractivity contribution in [2.75, 3.05) is 0 Å². The van der Waals surface area contributed by atoms with Gasteiger partial charge in [0, 0.05) is 6.92 Å². The van der Waals surface area contributed by atoms with Crippen molar-refractivity contribution >= 4 is 16.9 Å². The summed E-state index contributed by atoms with van der Waals surface area (Å²) in [5.41, 5.74) is 0. The van der Waals surface area contributed by atoms with E-state index in [0.717, 1.165) is 0 Å². The van der Waals surface area contributed by atoms with E-state index < -0.39 is 16.8 Å². The molecule has 0 bridgehead atoms. The van der Waals surface area contributed by atoms with Gasteiger partial charge in [-0.2, -0.15) is 0 Å². The Balaban J connectivity index is 2.78. The van der Waals surface area contributed by atoms with Gasteiger partial charge < -0.3 is 0 Å². The molecule has 0 aliphatic carbocycles. The van der Waals surface area contributed by atoms with Gasteiger partial charge in [-0.3, -0.25) is 9.52 Å². The molecule has 0 aliphatic rings. The molecule has 0 saturated heterocycles. The first-order valence-electron chi connectivity index (χ1n) is 3.54. The molecule has 1 N–H and O–H groups in total. The Hall–Kier alpha value is -1.23. The van der Waals surface area contributed by atoms with E-state index in [0.29, 0.717) is 4.90 Å². The van der Waals surface area contributed by atoms with Gasteiger partial charge in [0.25, 0.3) is 0 Å². The molecule has 1 amide bonds. The zero-order chi connectivity index (χ0) is 9.84. The second-order valence-corrected chi connectivity index (χ2v) is 3.59. The van der Waals surface area contributed by atoms with Crippen LogP contribution in [0, 0.1) is 5.82 Å². The third-order valence-electron chi connectivity index (χ3n) is 1.26. The Kier molecular flexibility index (Phi) is 3.13. The molecule has 0 saturated carbocycles. The summed E-state index contributed by atoms with van der Waals surface area (Å²) in [6, 6.07) is 5.10. The van der Waals surface area contributed by atoms with Crippen molar-refractivity contribution in [3.05, 3.63) is 30.1 Å². The van der Waals surface area contributed by atoms with E-state index in [2.05, 4.69) is 4.72 Å². The van der Waals surface area contributed by atoms with Crippen LogP contribution in [0.15, 0.2) is 29.2 Å². The minimum absolute atomic E-state index is 0.372. The fraction of sp³-hybridized carbons (Fsp3) is 0.125. The average molecular weight is 201 g/mol. The first-order valence-corrected chi connectivity index (χ1v) is 4.69. The van der Waals surface area contributed by atoms with Gasteiger partial charge in [0.1, 0.15) is 5.82 Å². The quantitative estimate of drug-likeness (QED) is 0.775. The SMILES string of the molecule is CC(=O)NS(=O)c1ccc(F)cc1. The van der Waals surface area contributed by atoms with E-state index >= 15 is 0 Å². The van der Waals surface area contributed by atoms with Crippen LogP contribution in [0.3, 0.4) is 0 Å². The van der Waals surface area contributed by atoms with Crippen LogP contribution in [0.1, 0.15) is 6.92 Å². The highest BCUT2D eigenvalue weighted by atomic mass is 32.2. The first-order chi connectivity index (χ1) is 6.09. The zero-order valence-corrected chi connectivity index (χ0v) is 7.73. The lowest BCUT2D eigenvalue weighted by Crippen LogP contribution is -2.22. The molecular formula is C8H8FNO2S. The summed E-state index contributed by atoms with van der Waals surface area (Å²) in [7, 11) is -1.59. The zero-order valence-electron chi connectivity index (χ0n) is 6.91. The molecular weight excluding hydrogens is 193 g/mol. The van der Waals surface area contributed by atoms with Crippen molar-refractivity contribution in [3.8, 4) is 0 Å². The number of hydrogen-bond donors (Lipinski definition) is 1. The van der Waals surface area contributed by atoms with Crippen LogP contribution in [0.5, 0.6) is 0 Å². The number of halogens is 1. The summed E-state index contributed by atoms with van der Waals surface area (Å²) in [5, 5.41) is 0. The smallest absolute Gasteiger partial charge is 0.228 e. The van der Waals surface area contributed by atoms with Gasteiger partial charge in [0.2, 0.25) is 5.91 Å². The summed E-state index contributed by atoms with van der Waals surface area (Å²) < 4.78 is 25.8. The molecule has 1 atom stereocenters. The molecule has 5 heteroatoms. The van der Waals surface area contributed by atoms with Gasteiger partial charge in [-0.1, -0.05) is 0 Å². The third-order valence-corrected chi connectivity index (χ3v) is 2.44. The average Bonchev–Trinajstić information content (AvgIpc) is 2.04. The van der Waals surface area contributed by atoms with Crippen LogP contribution in [0.4, 0.5) is 4.39 Å². The normalized spacial score (nSPS) is 12.2. The standard InChI is InChI=1S/C8H8FNO2S/c1-6(11)10-13(12)8-4-2-7(9)3-5-8/h2-5H,1H3,(H,10,11). The summed E-state index contributed by atoms with van der Waals surface area (Å²) in [5.74, 6) is -0.786. The lowest BCUT2D eigenvalue weighted by molar-refractivity contribution is -0.117. The maximum Gasteiger partial charge on any atom is 0.228 e. The van der Waals surface area contributed by atoms with Gasteiger partial charge >= 0.3 is 0 Å². The first kappa shape index (κ1) is 9.85. The summed E-state index contributed by atoms with van der Waals surface area (Å²) in [6.45, 7) is 1.27. The van der Waals surface area contributed by atoms with Gasteiger partial charge in [-0.15, -0.1) is 0 Å². The number of carbonyl (C=O) groups excluding carboxylic acids is 1. The Bertz CT molecular complexity index is 337. The maximum atomic E-state index is 12.4. The second-order valence-electron chi connectivity index (χ2n) is 2.38. The van der Waals surface area contributed by atoms with Crippen LogP contribution in [0.25, 0.3) is 0 Å². The predicted molar refractivity (Wildman–Crippen MR) is 46.6 cm³/mol. The molecule has 0 aromatic heterocycles. The van der Waals surface area contributed by atoms with E-state index in [1.165, 1.54) is 31.2 Å². The monoisotopic (exact) mass is 201 g/mol. The molecule has 1 unspecified atom stereocenters. The lowest BCUT2D eigenvalue weighted by atomic mass is 10.4. The lowest BCUT2D eigenvalue weighted by Gasteiger charge is -2.00. The molecule has 13 heavy (non-hydrogen) atoms. The fourth-order valence-electron chi connectivity index (χ4n) is 0.748. The van der Waals surface area contributed by atoms with Crippen molar-refractivity contribution in [1.82, 2.24) is 4.72 Å². The molecule has 0 fully saturated rings. The maximum absolute atomic E-state index is 12.4. The fourth-order valence-corrected chi connectivity index (χ4v) is 1.51. The van der Waals surface area contributed by atoms with Gasteiger partial charge in [0.05, 0.1) is 4.90 Å². The van der Waals surface area contributed by atoms with Crippen molar-refractivity contribution in [1.29, 1.82) is 0 Å². The van der Waals surface area contributed by atoms with E-state index in [1.807, 2.05) is 0 Å². The molecule has 0 aliphatic heterocycles. The third kappa shape index (κ3) is 2.95. The van der Waals surface area contributed by atoms with Gasteiger partial charge in [-0.25, -0.2) is 8.60 Å². The van der Waals surface area contributed by atoms with Crippen LogP contribution in [-0.4, -0.2) is 10.1 Å². The Morgan fingerprint density at radius 1 is 1.38 bits per heavy atom. The molecule has 1 aromatic carbocycles. The Morgan fingerprint density at radius 3 is 2.38 bits per heavy atom. The molecule has 3 nitrogen and oxygen atoms in total. The second kappa shape index (κ2) is 4.13. The number of carbonyl (C=O) groups is 1. The summed E-state index contributed by atoms with van der Waals surface area (Å²) >= 11 is 0. The molecule has 0 spiro atoms. The number of nitrogens with one attached hydrogen (secondary N) is 1. The Labute approximate surface area is 77.5 Å². The van der Waals surface area contributed by atoms with Crippen LogP contribution in [-0.2, 0) is 15.8 Å². The van der Waals surface area contributed by atoms with Gasteiger partial charge in [0.15, 0.2) is 11.0 Å². The van der Waals surface area contributed by atoms with E-state index in [-0.39, 0.29) is 5.91 Å². The molecule has 70 valence electrons. The van der Waals surface area contributed by atoms with Crippen molar-refractivity contribution in [3.63, 3.8) is 0 Å². The highest BCUT2D eigenvalue weighted by Gasteiger charge is 2.04. The summed E-state index contributed by atoms with van der Waals surface area (Å²) in [6.07, 6.45) is 0. The Morgan fingerprint density at radius 2 is 1.92 bits per heavy atom. The van der Waals surface area contributed by atoms with E-state index in [4.69, 9.17) is 0 Å². The molecule has 0 radical (unpaired) electrons. The predicted octanol–water partition coefficient (Wildman–Crippen LogP) is 0.984. The van der Waals surface area contributed by atoms with E-state index in [1.54, 1.807) is 0 Å². The number of benzene rings is 1. The molecule has 1 rings (SSSR count). The number of rotatable bonds is 2. The summed E-state index contributed by atoms with van der Waals surface area (Å²) in [4.78, 5) is 10.9. The number of amides is 1. The number of hydrogen-bond acceptors (Lipinski definition) is 2. The minimum Gasteiger partial charge on any atom is -0.274 e.